The normalized spacial score (nSPS) is 13.6. The van der Waals surface area contributed by atoms with Gasteiger partial charge in [-0.15, -0.1) is 17.0 Å². The fourth-order valence-corrected chi connectivity index (χ4v) is 4.66. The van der Waals surface area contributed by atoms with Gasteiger partial charge in [-0.25, -0.2) is 9.78 Å². The topological polar surface area (TPSA) is 113 Å². The summed E-state index contributed by atoms with van der Waals surface area (Å²) in [6, 6.07) is 3.52. The molecule has 0 unspecified atom stereocenters. The molecular weight excluding hydrogens is 574 g/mol. The van der Waals surface area contributed by atoms with Gasteiger partial charge in [-0.1, -0.05) is 41.5 Å². The number of pyridine rings is 1. The second kappa shape index (κ2) is 11.5. The number of nitrogens with zero attached hydrogens (tertiary/aromatic N) is 2. The number of hydrogen-bond acceptors (Lipinski definition) is 7. The summed E-state index contributed by atoms with van der Waals surface area (Å²) in [5.41, 5.74) is 2.28. The van der Waals surface area contributed by atoms with E-state index in [0.717, 1.165) is 5.56 Å². The van der Waals surface area contributed by atoms with E-state index in [0.29, 0.717) is 46.8 Å². The number of fused-ring (bicyclic) bond motifs is 1. The smallest absolute Gasteiger partial charge is 0.361 e. The molecule has 220 valence electrons. The van der Waals surface area contributed by atoms with Gasteiger partial charge in [0, 0.05) is 34.4 Å². The maximum Gasteiger partial charge on any atom is 0.361 e. The van der Waals surface area contributed by atoms with E-state index in [1.165, 1.54) is 0 Å². The van der Waals surface area contributed by atoms with Gasteiger partial charge in [0.05, 0.1) is 13.2 Å². The van der Waals surface area contributed by atoms with Crippen molar-refractivity contribution in [2.75, 3.05) is 13.2 Å². The predicted octanol–water partition coefficient (Wildman–Crippen LogP) is 6.65. The summed E-state index contributed by atoms with van der Waals surface area (Å²) in [6.45, 7) is 21.6. The zero-order chi connectivity index (χ0) is 29.7. The van der Waals surface area contributed by atoms with Gasteiger partial charge in [0.2, 0.25) is 0 Å². The first-order valence-corrected chi connectivity index (χ1v) is 13.4. The van der Waals surface area contributed by atoms with Gasteiger partial charge >= 0.3 is 5.97 Å². The van der Waals surface area contributed by atoms with Crippen molar-refractivity contribution in [2.45, 2.75) is 99.1 Å². The number of ketones is 1. The van der Waals surface area contributed by atoms with Crippen molar-refractivity contribution in [3.63, 3.8) is 0 Å². The predicted molar refractivity (Wildman–Crippen MR) is 163 cm³/mol. The molecule has 0 aliphatic carbocycles. The number of Topliss-reactive ketones (excluding diaryl/α,β-unsaturated/α-hetero) is 1. The molecule has 1 aromatic heterocycles. The molecule has 0 radical (unpaired) electrons. The van der Waals surface area contributed by atoms with Crippen LogP contribution in [0.25, 0.3) is 0 Å². The van der Waals surface area contributed by atoms with Gasteiger partial charge < -0.3 is 19.5 Å². The van der Waals surface area contributed by atoms with Crippen molar-refractivity contribution in [3.8, 4) is 11.5 Å². The molecule has 9 heteroatoms. The van der Waals surface area contributed by atoms with Crippen LogP contribution in [0.15, 0.2) is 12.1 Å². The number of halogens is 1. The Morgan fingerprint density at radius 3 is 2.00 bits per heavy atom. The van der Waals surface area contributed by atoms with Gasteiger partial charge in [0.25, 0.3) is 0 Å². The van der Waals surface area contributed by atoms with Crippen LogP contribution in [-0.2, 0) is 22.1 Å². The van der Waals surface area contributed by atoms with Crippen molar-refractivity contribution in [1.82, 2.24) is 9.88 Å². The fraction of sp³-hybridized carbons (Fsp3) is 0.548. The van der Waals surface area contributed by atoms with Crippen LogP contribution in [0.1, 0.15) is 118 Å². The number of nitrogens with one attached hydrogen (secondary N) is 1. The van der Waals surface area contributed by atoms with Gasteiger partial charge in [0.15, 0.2) is 17.2 Å². The zero-order valence-electron chi connectivity index (χ0n) is 25.7. The third-order valence-corrected chi connectivity index (χ3v) is 6.67. The van der Waals surface area contributed by atoms with E-state index in [4.69, 9.17) is 14.9 Å². The molecule has 2 heterocycles. The molecule has 40 heavy (non-hydrogen) atoms. The third kappa shape index (κ3) is 6.85. The number of rotatable bonds is 6. The minimum Gasteiger partial charge on any atom is -0.507 e. The molecule has 1 aromatic carbocycles. The number of hydrogen-bond donors (Lipinski definition) is 2. The highest BCUT2D eigenvalue weighted by atomic mass is 79.9. The Bertz CT molecular complexity index is 1300. The Hall–Kier alpha value is -2.94. The van der Waals surface area contributed by atoms with Crippen molar-refractivity contribution in [2.24, 2.45) is 0 Å². The lowest BCUT2D eigenvalue weighted by molar-refractivity contribution is 0.00585. The number of esters is 1. The Kier molecular flexibility index (Phi) is 9.57. The summed E-state index contributed by atoms with van der Waals surface area (Å²) in [4.78, 5) is 32.8. The second-order valence-corrected chi connectivity index (χ2v) is 13.2. The number of aromatic nitrogens is 1. The number of phenols is 1. The average molecular weight is 619 g/mol. The maximum atomic E-state index is 13.6. The van der Waals surface area contributed by atoms with E-state index in [2.05, 4.69) is 4.98 Å². The molecular formula is C31H44BrN3O5. The quantitative estimate of drug-likeness (QED) is 0.276. The summed E-state index contributed by atoms with van der Waals surface area (Å²) in [7, 11) is 0. The number of ether oxygens (including phenoxy) is 2. The molecule has 0 fully saturated rings. The van der Waals surface area contributed by atoms with Gasteiger partial charge in [-0.3, -0.25) is 10.2 Å². The molecule has 0 saturated heterocycles. The second-order valence-electron chi connectivity index (χ2n) is 13.2. The first kappa shape index (κ1) is 33.3. The summed E-state index contributed by atoms with van der Waals surface area (Å²) < 4.78 is 11.4. The average Bonchev–Trinajstić information content (AvgIpc) is 3.08. The zero-order valence-corrected chi connectivity index (χ0v) is 27.4. The Morgan fingerprint density at radius 2 is 1.55 bits per heavy atom. The molecule has 0 bridgehead atoms. The summed E-state index contributed by atoms with van der Waals surface area (Å²) in [6.07, 6.45) is 0. The SMILES string of the molecule is Br.CCOc1c(C(=O)OC(C)(C)C)nc2c(c1C)CN(CC(=O)c1cc(C(C)(C)C)c(O)c(C(C)(C)C)c1)C2=N. The van der Waals surface area contributed by atoms with Gasteiger partial charge in [0.1, 0.15) is 22.9 Å². The summed E-state index contributed by atoms with van der Waals surface area (Å²) in [5.74, 6) is -0.160. The highest BCUT2D eigenvalue weighted by molar-refractivity contribution is 8.93. The Labute approximate surface area is 248 Å². The van der Waals surface area contributed by atoms with E-state index in [1.54, 1.807) is 37.8 Å². The van der Waals surface area contributed by atoms with Crippen molar-refractivity contribution in [1.29, 1.82) is 5.41 Å². The standard InChI is InChI=1S/C31H43N3O5.BrH/c1-12-38-26-17(2)19-15-34(27(32)23(19)33-24(26)28(37)39-31(9,10)11)16-22(35)18-13-20(29(3,4)5)25(36)21(14-18)30(6,7)8;/h13-14,32,36H,12,15-16H2,1-11H3;1H. The molecule has 0 amide bonds. The highest BCUT2D eigenvalue weighted by Gasteiger charge is 2.35. The van der Waals surface area contributed by atoms with Crippen LogP contribution in [0.3, 0.4) is 0 Å². The Balaban J connectivity index is 0.00000560. The maximum absolute atomic E-state index is 13.6. The van der Waals surface area contributed by atoms with Crippen LogP contribution in [0.4, 0.5) is 0 Å². The molecule has 0 atom stereocenters. The highest BCUT2D eigenvalue weighted by Crippen LogP contribution is 2.40. The molecule has 0 saturated carbocycles. The van der Waals surface area contributed by atoms with Crippen LogP contribution in [-0.4, -0.2) is 51.3 Å². The van der Waals surface area contributed by atoms with Crippen LogP contribution in [0.5, 0.6) is 11.5 Å². The minimum absolute atomic E-state index is 0. The first-order chi connectivity index (χ1) is 17.8. The number of carbonyl (C=O) groups excluding carboxylic acids is 2. The molecule has 1 aliphatic heterocycles. The number of carbonyl (C=O) groups is 2. The molecule has 2 N–H and O–H groups in total. The number of phenolic OH excluding ortho intramolecular Hbond substituents is 1. The largest absolute Gasteiger partial charge is 0.507 e. The molecule has 3 rings (SSSR count). The lowest BCUT2D eigenvalue weighted by Crippen LogP contribution is -2.31. The van der Waals surface area contributed by atoms with Crippen molar-refractivity contribution in [3.05, 3.63) is 51.3 Å². The number of amidine groups is 1. The van der Waals surface area contributed by atoms with Gasteiger partial charge in [-0.2, -0.15) is 0 Å². The van der Waals surface area contributed by atoms with Crippen LogP contribution >= 0.6 is 17.0 Å². The number of benzene rings is 1. The van der Waals surface area contributed by atoms with Gasteiger partial charge in [-0.05, 0) is 57.6 Å². The molecule has 2 aromatic rings. The third-order valence-electron chi connectivity index (χ3n) is 6.67. The van der Waals surface area contributed by atoms with E-state index < -0.39 is 11.6 Å². The number of aromatic hydroxyl groups is 1. The lowest BCUT2D eigenvalue weighted by Gasteiger charge is -2.28. The molecule has 0 spiro atoms. The van der Waals surface area contributed by atoms with Crippen LogP contribution in [0.2, 0.25) is 0 Å². The van der Waals surface area contributed by atoms with Crippen LogP contribution < -0.4 is 4.74 Å². The van der Waals surface area contributed by atoms with E-state index >= 15 is 0 Å². The van der Waals surface area contributed by atoms with E-state index in [1.807, 2.05) is 55.4 Å². The van der Waals surface area contributed by atoms with E-state index in [9.17, 15) is 14.7 Å². The minimum atomic E-state index is -0.719. The first-order valence-electron chi connectivity index (χ1n) is 13.4. The molecule has 1 aliphatic rings. The molecule has 8 nitrogen and oxygen atoms in total. The monoisotopic (exact) mass is 617 g/mol. The van der Waals surface area contributed by atoms with Crippen molar-refractivity contribution < 1.29 is 24.2 Å². The van der Waals surface area contributed by atoms with Crippen molar-refractivity contribution >= 4 is 34.6 Å². The fourth-order valence-electron chi connectivity index (χ4n) is 4.66. The van der Waals surface area contributed by atoms with E-state index in [-0.39, 0.29) is 57.4 Å². The van der Waals surface area contributed by atoms with Crippen LogP contribution in [0, 0.1) is 12.3 Å². The summed E-state index contributed by atoms with van der Waals surface area (Å²) >= 11 is 0. The lowest BCUT2D eigenvalue weighted by atomic mass is 9.78. The summed E-state index contributed by atoms with van der Waals surface area (Å²) in [5, 5.41) is 19.9. The Morgan fingerprint density at radius 1 is 1.02 bits per heavy atom.